The minimum Gasteiger partial charge on any atom is -0.496 e. The summed E-state index contributed by atoms with van der Waals surface area (Å²) in [6.07, 6.45) is 0.383. The van der Waals surface area contributed by atoms with Crippen molar-refractivity contribution in [1.82, 2.24) is 4.72 Å². The van der Waals surface area contributed by atoms with Gasteiger partial charge >= 0.3 is 0 Å². The fourth-order valence-electron chi connectivity index (χ4n) is 1.60. The number of rotatable bonds is 6. The number of aryl methyl sites for hydroxylation is 1. The lowest BCUT2D eigenvalue weighted by atomic mass is 10.2. The molecule has 0 saturated heterocycles. The summed E-state index contributed by atoms with van der Waals surface area (Å²) in [6.45, 7) is 3.45. The Morgan fingerprint density at radius 2 is 2.11 bits per heavy atom. The molecule has 0 radical (unpaired) electrons. The first-order valence-corrected chi connectivity index (χ1v) is 7.17. The van der Waals surface area contributed by atoms with Gasteiger partial charge in [-0.05, 0) is 44.0 Å². The van der Waals surface area contributed by atoms with Gasteiger partial charge in [0, 0.05) is 12.6 Å². The van der Waals surface area contributed by atoms with Crippen LogP contribution in [0.25, 0.3) is 0 Å². The molecule has 1 atom stereocenters. The van der Waals surface area contributed by atoms with Crippen molar-refractivity contribution >= 4 is 10.0 Å². The maximum atomic E-state index is 12.0. The van der Waals surface area contributed by atoms with Crippen molar-refractivity contribution in [2.75, 3.05) is 13.7 Å². The molecule has 1 aromatic carbocycles. The lowest BCUT2D eigenvalue weighted by Gasteiger charge is -2.14. The summed E-state index contributed by atoms with van der Waals surface area (Å²) in [5, 5.41) is 8.77. The monoisotopic (exact) mass is 273 g/mol. The third-order valence-electron chi connectivity index (χ3n) is 2.60. The van der Waals surface area contributed by atoms with Crippen LogP contribution in [0, 0.1) is 6.92 Å². The minimum atomic E-state index is -3.55. The normalized spacial score (nSPS) is 13.3. The number of aliphatic hydroxyl groups excluding tert-OH is 1. The van der Waals surface area contributed by atoms with Crippen LogP contribution in [0.15, 0.2) is 23.1 Å². The van der Waals surface area contributed by atoms with E-state index in [1.54, 1.807) is 26.0 Å². The highest BCUT2D eigenvalue weighted by Crippen LogP contribution is 2.21. The number of hydrogen-bond donors (Lipinski definition) is 2. The van der Waals surface area contributed by atoms with Crippen LogP contribution < -0.4 is 9.46 Å². The molecule has 6 heteroatoms. The van der Waals surface area contributed by atoms with Crippen LogP contribution in [-0.2, 0) is 10.0 Å². The Bertz CT molecular complexity index is 499. The Labute approximate surface area is 108 Å². The van der Waals surface area contributed by atoms with E-state index in [1.807, 2.05) is 0 Å². The summed E-state index contributed by atoms with van der Waals surface area (Å²) < 4.78 is 31.7. The molecule has 0 aliphatic heterocycles. The van der Waals surface area contributed by atoms with E-state index >= 15 is 0 Å². The van der Waals surface area contributed by atoms with E-state index in [2.05, 4.69) is 4.72 Å². The Morgan fingerprint density at radius 3 is 2.61 bits per heavy atom. The number of aliphatic hydroxyl groups is 1. The lowest BCUT2D eigenvalue weighted by Crippen LogP contribution is -2.33. The highest BCUT2D eigenvalue weighted by atomic mass is 32.2. The topological polar surface area (TPSA) is 75.6 Å². The van der Waals surface area contributed by atoms with Crippen LogP contribution in [0.5, 0.6) is 5.75 Å². The van der Waals surface area contributed by atoms with Crippen molar-refractivity contribution in [3.05, 3.63) is 23.8 Å². The molecule has 0 aromatic heterocycles. The summed E-state index contributed by atoms with van der Waals surface area (Å²) in [5.41, 5.74) is 0.759. The molecule has 1 aromatic rings. The number of benzene rings is 1. The second-order valence-corrected chi connectivity index (χ2v) is 5.88. The quantitative estimate of drug-likeness (QED) is 0.812. The van der Waals surface area contributed by atoms with Crippen LogP contribution >= 0.6 is 0 Å². The summed E-state index contributed by atoms with van der Waals surface area (Å²) in [6, 6.07) is 4.38. The Balaban J connectivity index is 2.95. The van der Waals surface area contributed by atoms with Gasteiger partial charge in [-0.25, -0.2) is 13.1 Å². The average Bonchev–Trinajstić information content (AvgIpc) is 2.28. The zero-order valence-corrected chi connectivity index (χ0v) is 11.6. The minimum absolute atomic E-state index is 0.0503. The molecule has 1 unspecified atom stereocenters. The van der Waals surface area contributed by atoms with Gasteiger partial charge in [0.25, 0.3) is 0 Å². The molecule has 0 saturated carbocycles. The second kappa shape index (κ2) is 6.17. The molecule has 102 valence electrons. The van der Waals surface area contributed by atoms with Crippen molar-refractivity contribution in [3.8, 4) is 5.75 Å². The van der Waals surface area contributed by atoms with Gasteiger partial charge in [0.2, 0.25) is 10.0 Å². The maximum Gasteiger partial charge on any atom is 0.240 e. The third-order valence-corrected chi connectivity index (χ3v) is 4.18. The molecule has 0 aliphatic rings. The molecule has 0 fully saturated rings. The highest BCUT2D eigenvalue weighted by Gasteiger charge is 2.17. The van der Waals surface area contributed by atoms with Crippen LogP contribution in [0.1, 0.15) is 18.9 Å². The zero-order chi connectivity index (χ0) is 13.8. The zero-order valence-electron chi connectivity index (χ0n) is 10.8. The number of sulfonamides is 1. The molecule has 1 rings (SSSR count). The van der Waals surface area contributed by atoms with Gasteiger partial charge in [-0.2, -0.15) is 0 Å². The first-order chi connectivity index (χ1) is 8.40. The predicted octanol–water partition coefficient (Wildman–Crippen LogP) is 1.05. The van der Waals surface area contributed by atoms with E-state index in [4.69, 9.17) is 9.84 Å². The SMILES string of the molecule is COc1ccc(S(=O)(=O)NC(C)CCO)cc1C. The van der Waals surface area contributed by atoms with Crippen molar-refractivity contribution in [2.45, 2.75) is 31.2 Å². The van der Waals surface area contributed by atoms with Gasteiger partial charge in [-0.1, -0.05) is 0 Å². The van der Waals surface area contributed by atoms with Crippen molar-refractivity contribution in [2.24, 2.45) is 0 Å². The first-order valence-electron chi connectivity index (χ1n) is 5.68. The number of ether oxygens (including phenoxy) is 1. The van der Waals surface area contributed by atoms with E-state index in [0.717, 1.165) is 5.56 Å². The largest absolute Gasteiger partial charge is 0.496 e. The Morgan fingerprint density at radius 1 is 1.44 bits per heavy atom. The molecule has 2 N–H and O–H groups in total. The average molecular weight is 273 g/mol. The third kappa shape index (κ3) is 3.69. The lowest BCUT2D eigenvalue weighted by molar-refractivity contribution is 0.275. The van der Waals surface area contributed by atoms with E-state index in [1.165, 1.54) is 13.2 Å². The second-order valence-electron chi connectivity index (χ2n) is 4.17. The number of nitrogens with one attached hydrogen (secondary N) is 1. The van der Waals surface area contributed by atoms with Gasteiger partial charge in [-0.15, -0.1) is 0 Å². The smallest absolute Gasteiger partial charge is 0.240 e. The predicted molar refractivity (Wildman–Crippen MR) is 69.2 cm³/mol. The van der Waals surface area contributed by atoms with Gasteiger partial charge in [0.05, 0.1) is 12.0 Å². The Hall–Kier alpha value is -1.11. The van der Waals surface area contributed by atoms with E-state index < -0.39 is 10.0 Å². The van der Waals surface area contributed by atoms with E-state index in [-0.39, 0.29) is 17.5 Å². The molecule has 0 aliphatic carbocycles. The van der Waals surface area contributed by atoms with Gasteiger partial charge in [0.15, 0.2) is 0 Å². The van der Waals surface area contributed by atoms with Gasteiger partial charge < -0.3 is 9.84 Å². The molecule has 18 heavy (non-hydrogen) atoms. The molecule has 0 heterocycles. The van der Waals surface area contributed by atoms with Crippen molar-refractivity contribution < 1.29 is 18.3 Å². The molecular formula is C12H19NO4S. The molecule has 5 nitrogen and oxygen atoms in total. The highest BCUT2D eigenvalue weighted by molar-refractivity contribution is 7.89. The summed E-state index contributed by atoms with van der Waals surface area (Å²) >= 11 is 0. The number of hydrogen-bond acceptors (Lipinski definition) is 4. The van der Waals surface area contributed by atoms with Crippen molar-refractivity contribution in [3.63, 3.8) is 0 Å². The van der Waals surface area contributed by atoms with Crippen molar-refractivity contribution in [1.29, 1.82) is 0 Å². The summed E-state index contributed by atoms with van der Waals surface area (Å²) in [4.78, 5) is 0.200. The first kappa shape index (κ1) is 14.9. The van der Waals surface area contributed by atoms with Gasteiger partial charge in [0.1, 0.15) is 5.75 Å². The van der Waals surface area contributed by atoms with E-state index in [0.29, 0.717) is 12.2 Å². The molecule has 0 spiro atoms. The molecule has 0 amide bonds. The standard InChI is InChI=1S/C12H19NO4S/c1-9-8-11(4-5-12(9)17-3)18(15,16)13-10(2)6-7-14/h4-5,8,10,13-14H,6-7H2,1-3H3. The summed E-state index contributed by atoms with van der Waals surface area (Å²) in [7, 11) is -2.01. The van der Waals surface area contributed by atoms with Crippen LogP contribution in [0.3, 0.4) is 0 Å². The Kier molecular flexibility index (Phi) is 5.13. The summed E-state index contributed by atoms with van der Waals surface area (Å²) in [5.74, 6) is 0.650. The fourth-order valence-corrected chi connectivity index (χ4v) is 2.97. The number of methoxy groups -OCH3 is 1. The van der Waals surface area contributed by atoms with Crippen LogP contribution in [0.4, 0.5) is 0 Å². The van der Waals surface area contributed by atoms with E-state index in [9.17, 15) is 8.42 Å². The van der Waals surface area contributed by atoms with Gasteiger partial charge in [-0.3, -0.25) is 0 Å². The fraction of sp³-hybridized carbons (Fsp3) is 0.500. The molecular weight excluding hydrogens is 254 g/mol. The molecule has 0 bridgehead atoms. The van der Waals surface area contributed by atoms with Crippen LogP contribution in [-0.4, -0.2) is 33.3 Å². The maximum absolute atomic E-state index is 12.0. The van der Waals surface area contributed by atoms with Crippen LogP contribution in [0.2, 0.25) is 0 Å².